The van der Waals surface area contributed by atoms with Crippen LogP contribution in [0, 0.1) is 0 Å². The number of rotatable bonds is 5. The summed E-state index contributed by atoms with van der Waals surface area (Å²) in [7, 11) is 1.90. The van der Waals surface area contributed by atoms with Gasteiger partial charge in [0, 0.05) is 25.7 Å². The van der Waals surface area contributed by atoms with Gasteiger partial charge in [-0.1, -0.05) is 0 Å². The Bertz CT molecular complexity index is 715. The quantitative estimate of drug-likeness (QED) is 0.775. The van der Waals surface area contributed by atoms with Gasteiger partial charge in [0.2, 0.25) is 11.8 Å². The number of amides is 3. The second-order valence-electron chi connectivity index (χ2n) is 6.75. The van der Waals surface area contributed by atoms with Gasteiger partial charge in [-0.25, -0.2) is 0 Å². The van der Waals surface area contributed by atoms with Crippen molar-refractivity contribution in [2.75, 3.05) is 38.1 Å². The van der Waals surface area contributed by atoms with Crippen LogP contribution in [0.2, 0.25) is 0 Å². The number of nitrogens with two attached hydrogens (primary N) is 1. The van der Waals surface area contributed by atoms with Crippen LogP contribution < -0.4 is 20.7 Å². The maximum absolute atomic E-state index is 12.6. The lowest BCUT2D eigenvalue weighted by Gasteiger charge is -2.34. The average molecular weight is 360 g/mol. The number of fused-ring (bicyclic) bond motifs is 1. The highest BCUT2D eigenvalue weighted by molar-refractivity contribution is 5.96. The molecule has 8 nitrogen and oxygen atoms in total. The third-order valence-corrected chi connectivity index (χ3v) is 4.65. The second-order valence-corrected chi connectivity index (χ2v) is 6.75. The van der Waals surface area contributed by atoms with Crippen LogP contribution in [0.4, 0.5) is 5.69 Å². The maximum atomic E-state index is 12.6. The highest BCUT2D eigenvalue weighted by Gasteiger charge is 2.27. The van der Waals surface area contributed by atoms with Gasteiger partial charge in [-0.05, 0) is 31.0 Å². The highest BCUT2D eigenvalue weighted by atomic mass is 16.5. The van der Waals surface area contributed by atoms with E-state index in [0.717, 1.165) is 31.6 Å². The zero-order chi connectivity index (χ0) is 18.7. The number of likely N-dealkylation sites (tertiary alicyclic amines) is 1. The zero-order valence-corrected chi connectivity index (χ0v) is 14.9. The summed E-state index contributed by atoms with van der Waals surface area (Å²) in [4.78, 5) is 39.0. The molecule has 1 fully saturated rings. The molecule has 2 heterocycles. The number of anilines is 1. The molecule has 3 amide bonds. The van der Waals surface area contributed by atoms with Crippen molar-refractivity contribution >= 4 is 23.4 Å². The fourth-order valence-electron chi connectivity index (χ4n) is 3.34. The number of ether oxygens (including phenoxy) is 1. The SMILES string of the molecule is CN1C[C@@H](CC(=O)NCC(N)=O)Oc2ccc(C(=O)N3CCCC3)cc21. The summed E-state index contributed by atoms with van der Waals surface area (Å²) >= 11 is 0. The number of carbonyl (C=O) groups is 3. The molecule has 0 aromatic heterocycles. The summed E-state index contributed by atoms with van der Waals surface area (Å²) < 4.78 is 5.90. The van der Waals surface area contributed by atoms with Crippen LogP contribution in [0.5, 0.6) is 5.75 Å². The van der Waals surface area contributed by atoms with Crippen LogP contribution >= 0.6 is 0 Å². The number of hydrogen-bond acceptors (Lipinski definition) is 5. The number of benzene rings is 1. The molecule has 1 saturated heterocycles. The topological polar surface area (TPSA) is 105 Å². The first-order valence-corrected chi connectivity index (χ1v) is 8.80. The van der Waals surface area contributed by atoms with Gasteiger partial charge in [0.1, 0.15) is 11.9 Å². The average Bonchev–Trinajstić information content (AvgIpc) is 3.14. The van der Waals surface area contributed by atoms with Gasteiger partial charge >= 0.3 is 0 Å². The molecule has 1 aromatic rings. The molecule has 1 atom stereocenters. The Morgan fingerprint density at radius 3 is 2.69 bits per heavy atom. The minimum atomic E-state index is -0.583. The standard InChI is InChI=1S/C18H24N4O4/c1-21-11-13(9-17(24)20-10-16(19)23)26-15-5-4-12(8-14(15)21)18(25)22-6-2-3-7-22/h4-5,8,13H,2-3,6-7,9-11H2,1H3,(H2,19,23)(H,20,24)/t13-/m1/s1. The van der Waals surface area contributed by atoms with Crippen LogP contribution in [-0.4, -0.2) is 62.0 Å². The monoisotopic (exact) mass is 360 g/mol. The first-order valence-electron chi connectivity index (χ1n) is 8.80. The number of primary amides is 1. The van der Waals surface area contributed by atoms with Gasteiger partial charge in [-0.2, -0.15) is 0 Å². The van der Waals surface area contributed by atoms with Crippen LogP contribution in [0.25, 0.3) is 0 Å². The van der Waals surface area contributed by atoms with Crippen LogP contribution in [-0.2, 0) is 9.59 Å². The maximum Gasteiger partial charge on any atom is 0.253 e. The highest BCUT2D eigenvalue weighted by Crippen LogP contribution is 2.34. The molecule has 2 aliphatic heterocycles. The molecule has 2 aliphatic rings. The van der Waals surface area contributed by atoms with Crippen LogP contribution in [0.3, 0.4) is 0 Å². The van der Waals surface area contributed by atoms with Gasteiger partial charge in [-0.3, -0.25) is 14.4 Å². The Balaban J connectivity index is 1.66. The summed E-state index contributed by atoms with van der Waals surface area (Å²) in [6.45, 7) is 1.95. The number of nitrogens with one attached hydrogen (secondary N) is 1. The third-order valence-electron chi connectivity index (χ3n) is 4.65. The number of nitrogens with zero attached hydrogens (tertiary/aromatic N) is 2. The van der Waals surface area contributed by atoms with Gasteiger partial charge < -0.3 is 25.6 Å². The molecule has 140 valence electrons. The van der Waals surface area contributed by atoms with E-state index >= 15 is 0 Å². The molecule has 0 bridgehead atoms. The van der Waals surface area contributed by atoms with Crippen molar-refractivity contribution in [3.63, 3.8) is 0 Å². The summed E-state index contributed by atoms with van der Waals surface area (Å²) in [6.07, 6.45) is 1.91. The first kappa shape index (κ1) is 18.0. The Kier molecular flexibility index (Phi) is 5.29. The van der Waals surface area contributed by atoms with Gasteiger partial charge in [-0.15, -0.1) is 0 Å². The Labute approximate surface area is 152 Å². The van der Waals surface area contributed by atoms with E-state index in [2.05, 4.69) is 5.32 Å². The minimum Gasteiger partial charge on any atom is -0.486 e. The van der Waals surface area contributed by atoms with Gasteiger partial charge in [0.25, 0.3) is 5.91 Å². The van der Waals surface area contributed by atoms with Crippen molar-refractivity contribution in [1.29, 1.82) is 0 Å². The predicted molar refractivity (Wildman–Crippen MR) is 96.1 cm³/mol. The van der Waals surface area contributed by atoms with Crippen molar-refractivity contribution in [2.45, 2.75) is 25.4 Å². The minimum absolute atomic E-state index is 0.0478. The first-order chi connectivity index (χ1) is 12.4. The zero-order valence-electron chi connectivity index (χ0n) is 14.9. The molecule has 0 radical (unpaired) electrons. The van der Waals surface area contributed by atoms with Crippen LogP contribution in [0.15, 0.2) is 18.2 Å². The lowest BCUT2D eigenvalue weighted by molar-refractivity contribution is -0.125. The molecular weight excluding hydrogens is 336 g/mol. The summed E-state index contributed by atoms with van der Waals surface area (Å²) in [6, 6.07) is 5.39. The summed E-state index contributed by atoms with van der Waals surface area (Å²) in [5, 5.41) is 2.46. The van der Waals surface area contributed by atoms with E-state index < -0.39 is 5.91 Å². The molecule has 26 heavy (non-hydrogen) atoms. The lowest BCUT2D eigenvalue weighted by atomic mass is 10.1. The smallest absolute Gasteiger partial charge is 0.253 e. The van der Waals surface area contributed by atoms with Crippen LogP contribution in [0.1, 0.15) is 29.6 Å². The second kappa shape index (κ2) is 7.63. The van der Waals surface area contributed by atoms with Crippen molar-refractivity contribution in [1.82, 2.24) is 10.2 Å². The van der Waals surface area contributed by atoms with E-state index in [0.29, 0.717) is 17.9 Å². The molecule has 0 spiro atoms. The largest absolute Gasteiger partial charge is 0.486 e. The Morgan fingerprint density at radius 2 is 2.00 bits per heavy atom. The Hall–Kier alpha value is -2.77. The fourth-order valence-corrected chi connectivity index (χ4v) is 3.34. The van der Waals surface area contributed by atoms with Crippen molar-refractivity contribution in [2.24, 2.45) is 5.73 Å². The van der Waals surface area contributed by atoms with Crippen molar-refractivity contribution in [3.05, 3.63) is 23.8 Å². The molecule has 0 saturated carbocycles. The number of likely N-dealkylation sites (N-methyl/N-ethyl adjacent to an activating group) is 1. The molecule has 1 aromatic carbocycles. The van der Waals surface area contributed by atoms with Crippen molar-refractivity contribution < 1.29 is 19.1 Å². The van der Waals surface area contributed by atoms with E-state index in [4.69, 9.17) is 10.5 Å². The lowest BCUT2D eigenvalue weighted by Crippen LogP contribution is -2.42. The van der Waals surface area contributed by atoms with E-state index in [9.17, 15) is 14.4 Å². The predicted octanol–water partition coefficient (Wildman–Crippen LogP) is 0.111. The molecule has 8 heteroatoms. The van der Waals surface area contributed by atoms with Gasteiger partial charge in [0.05, 0.1) is 25.2 Å². The molecule has 0 unspecified atom stereocenters. The molecule has 3 rings (SSSR count). The number of carbonyl (C=O) groups excluding carboxylic acids is 3. The third kappa shape index (κ3) is 4.07. The number of hydrogen-bond donors (Lipinski definition) is 2. The Morgan fingerprint density at radius 1 is 1.27 bits per heavy atom. The summed E-state index contributed by atoms with van der Waals surface area (Å²) in [5.74, 6) is -0.178. The van der Waals surface area contributed by atoms with E-state index in [1.54, 1.807) is 12.1 Å². The van der Waals surface area contributed by atoms with E-state index in [1.165, 1.54) is 0 Å². The van der Waals surface area contributed by atoms with E-state index in [-0.39, 0.29) is 30.9 Å². The summed E-state index contributed by atoms with van der Waals surface area (Å²) in [5.41, 5.74) is 6.51. The molecule has 3 N–H and O–H groups in total. The normalized spacial score (nSPS) is 18.9. The van der Waals surface area contributed by atoms with Crippen molar-refractivity contribution in [3.8, 4) is 5.75 Å². The fraction of sp³-hybridized carbons (Fsp3) is 0.500. The van der Waals surface area contributed by atoms with E-state index in [1.807, 2.05) is 22.9 Å². The molecular formula is C18H24N4O4. The molecule has 0 aliphatic carbocycles. The van der Waals surface area contributed by atoms with Gasteiger partial charge in [0.15, 0.2) is 0 Å².